The van der Waals surface area contributed by atoms with E-state index in [9.17, 15) is 4.79 Å². The van der Waals surface area contributed by atoms with Crippen molar-refractivity contribution in [3.63, 3.8) is 0 Å². The van der Waals surface area contributed by atoms with Gasteiger partial charge in [0.2, 0.25) is 5.91 Å². The van der Waals surface area contributed by atoms with E-state index < -0.39 is 0 Å². The van der Waals surface area contributed by atoms with Gasteiger partial charge < -0.3 is 10.6 Å². The summed E-state index contributed by atoms with van der Waals surface area (Å²) in [5, 5.41) is 6.49. The third kappa shape index (κ3) is 4.57. The van der Waals surface area contributed by atoms with Gasteiger partial charge in [-0.2, -0.15) is 0 Å². The van der Waals surface area contributed by atoms with Crippen LogP contribution in [0.2, 0.25) is 0 Å². The molecule has 1 saturated carbocycles. The molecule has 1 aliphatic carbocycles. The van der Waals surface area contributed by atoms with Crippen LogP contribution >= 0.6 is 0 Å². The molecule has 1 aliphatic rings. The zero-order valence-electron chi connectivity index (χ0n) is 13.5. The average molecular weight is 288 g/mol. The molecular formula is C18H28N2O. The van der Waals surface area contributed by atoms with Crippen molar-refractivity contribution < 1.29 is 4.79 Å². The van der Waals surface area contributed by atoms with Crippen LogP contribution in [0.4, 0.5) is 5.69 Å². The highest BCUT2D eigenvalue weighted by Gasteiger charge is 2.24. The van der Waals surface area contributed by atoms with Gasteiger partial charge in [-0.25, -0.2) is 0 Å². The fraction of sp³-hybridized carbons (Fsp3) is 0.611. The highest BCUT2D eigenvalue weighted by molar-refractivity contribution is 5.92. The zero-order valence-corrected chi connectivity index (χ0v) is 13.5. The van der Waals surface area contributed by atoms with Crippen LogP contribution in [0.1, 0.15) is 58.1 Å². The molecule has 0 aliphatic heterocycles. The molecule has 21 heavy (non-hydrogen) atoms. The van der Waals surface area contributed by atoms with Crippen LogP contribution in [-0.2, 0) is 4.79 Å². The van der Waals surface area contributed by atoms with Crippen LogP contribution in [0.3, 0.4) is 0 Å². The second-order valence-electron chi connectivity index (χ2n) is 6.35. The molecule has 1 aromatic rings. The Bertz CT molecular complexity index is 464. The summed E-state index contributed by atoms with van der Waals surface area (Å²) < 4.78 is 0. The highest BCUT2D eigenvalue weighted by Crippen LogP contribution is 2.29. The Hall–Kier alpha value is -1.35. The van der Waals surface area contributed by atoms with Gasteiger partial charge in [-0.05, 0) is 62.8 Å². The molecule has 2 N–H and O–H groups in total. The van der Waals surface area contributed by atoms with E-state index in [0.29, 0.717) is 6.04 Å². The minimum absolute atomic E-state index is 0.190. The SMILES string of the molecule is CCNC(C)c1cccc(NC(=O)C2CCC(C)CC2)c1. The van der Waals surface area contributed by atoms with Gasteiger partial charge in [0.15, 0.2) is 0 Å². The third-order valence-electron chi connectivity index (χ3n) is 4.55. The minimum Gasteiger partial charge on any atom is -0.326 e. The summed E-state index contributed by atoms with van der Waals surface area (Å²) in [6.45, 7) is 7.47. The number of hydrogen-bond donors (Lipinski definition) is 2. The molecule has 1 unspecified atom stereocenters. The van der Waals surface area contributed by atoms with Crippen molar-refractivity contribution in [2.24, 2.45) is 11.8 Å². The number of benzene rings is 1. The lowest BCUT2D eigenvalue weighted by molar-refractivity contribution is -0.121. The topological polar surface area (TPSA) is 41.1 Å². The maximum atomic E-state index is 12.4. The number of hydrogen-bond acceptors (Lipinski definition) is 2. The molecule has 1 atom stereocenters. The summed E-state index contributed by atoms with van der Waals surface area (Å²) >= 11 is 0. The van der Waals surface area contributed by atoms with Gasteiger partial charge in [0.1, 0.15) is 0 Å². The summed E-state index contributed by atoms with van der Waals surface area (Å²) in [7, 11) is 0. The van der Waals surface area contributed by atoms with E-state index in [1.807, 2.05) is 12.1 Å². The van der Waals surface area contributed by atoms with Crippen molar-refractivity contribution in [1.82, 2.24) is 5.32 Å². The van der Waals surface area contributed by atoms with Crippen molar-refractivity contribution in [2.75, 3.05) is 11.9 Å². The number of anilines is 1. The van der Waals surface area contributed by atoms with Crippen molar-refractivity contribution in [3.05, 3.63) is 29.8 Å². The fourth-order valence-corrected chi connectivity index (χ4v) is 3.08. The molecule has 0 radical (unpaired) electrons. The van der Waals surface area contributed by atoms with Gasteiger partial charge >= 0.3 is 0 Å². The molecule has 2 rings (SSSR count). The van der Waals surface area contributed by atoms with Crippen LogP contribution < -0.4 is 10.6 Å². The number of nitrogens with one attached hydrogen (secondary N) is 2. The van der Waals surface area contributed by atoms with Gasteiger partial charge in [0.25, 0.3) is 0 Å². The Morgan fingerprint density at radius 1 is 1.29 bits per heavy atom. The van der Waals surface area contributed by atoms with Gasteiger partial charge in [-0.1, -0.05) is 26.0 Å². The molecular weight excluding hydrogens is 260 g/mol. The van der Waals surface area contributed by atoms with Crippen molar-refractivity contribution >= 4 is 11.6 Å². The number of carbonyl (C=O) groups is 1. The van der Waals surface area contributed by atoms with E-state index in [-0.39, 0.29) is 11.8 Å². The Balaban J connectivity index is 1.96. The summed E-state index contributed by atoms with van der Waals surface area (Å²) in [5.41, 5.74) is 2.13. The Kier molecular flexibility index (Phi) is 5.80. The van der Waals surface area contributed by atoms with E-state index in [0.717, 1.165) is 31.0 Å². The number of rotatable bonds is 5. The first-order chi connectivity index (χ1) is 10.1. The minimum atomic E-state index is 0.190. The first kappa shape index (κ1) is 16.0. The molecule has 1 amide bonds. The van der Waals surface area contributed by atoms with Crippen LogP contribution in [0, 0.1) is 11.8 Å². The van der Waals surface area contributed by atoms with Crippen molar-refractivity contribution in [1.29, 1.82) is 0 Å². The molecule has 1 aromatic carbocycles. The molecule has 0 bridgehead atoms. The molecule has 3 nitrogen and oxygen atoms in total. The zero-order chi connectivity index (χ0) is 15.2. The van der Waals surface area contributed by atoms with E-state index in [1.54, 1.807) is 0 Å². The maximum Gasteiger partial charge on any atom is 0.227 e. The maximum absolute atomic E-state index is 12.4. The molecule has 3 heteroatoms. The van der Waals surface area contributed by atoms with Gasteiger partial charge in [-0.15, -0.1) is 0 Å². The Morgan fingerprint density at radius 2 is 2.00 bits per heavy atom. The second-order valence-corrected chi connectivity index (χ2v) is 6.35. The van der Waals surface area contributed by atoms with E-state index in [4.69, 9.17) is 0 Å². The smallest absolute Gasteiger partial charge is 0.227 e. The molecule has 0 spiro atoms. The quantitative estimate of drug-likeness (QED) is 0.855. The van der Waals surface area contributed by atoms with Crippen LogP contribution in [-0.4, -0.2) is 12.5 Å². The number of amides is 1. The molecule has 1 fully saturated rings. The third-order valence-corrected chi connectivity index (χ3v) is 4.55. The summed E-state index contributed by atoms with van der Waals surface area (Å²) in [4.78, 5) is 12.4. The first-order valence-corrected chi connectivity index (χ1v) is 8.24. The lowest BCUT2D eigenvalue weighted by Gasteiger charge is -2.25. The lowest BCUT2D eigenvalue weighted by atomic mass is 9.82. The van der Waals surface area contributed by atoms with Crippen molar-refractivity contribution in [3.8, 4) is 0 Å². The van der Waals surface area contributed by atoms with Gasteiger partial charge in [-0.3, -0.25) is 4.79 Å². The first-order valence-electron chi connectivity index (χ1n) is 8.24. The molecule has 0 aromatic heterocycles. The van der Waals surface area contributed by atoms with Crippen LogP contribution in [0.25, 0.3) is 0 Å². The molecule has 0 heterocycles. The summed E-state index contributed by atoms with van der Waals surface area (Å²) in [5.74, 6) is 1.16. The van der Waals surface area contributed by atoms with Crippen LogP contribution in [0.5, 0.6) is 0 Å². The predicted octanol–water partition coefficient (Wildman–Crippen LogP) is 4.12. The number of carbonyl (C=O) groups excluding carboxylic acids is 1. The van der Waals surface area contributed by atoms with E-state index in [2.05, 4.69) is 43.5 Å². The molecule has 116 valence electrons. The van der Waals surface area contributed by atoms with Gasteiger partial charge in [0, 0.05) is 17.6 Å². The predicted molar refractivity (Wildman–Crippen MR) is 88.3 cm³/mol. The van der Waals surface area contributed by atoms with Crippen LogP contribution in [0.15, 0.2) is 24.3 Å². The summed E-state index contributed by atoms with van der Waals surface area (Å²) in [6.07, 6.45) is 4.41. The highest BCUT2D eigenvalue weighted by atomic mass is 16.1. The largest absolute Gasteiger partial charge is 0.326 e. The molecule has 0 saturated heterocycles. The average Bonchev–Trinajstić information content (AvgIpc) is 2.48. The second kappa shape index (κ2) is 7.60. The van der Waals surface area contributed by atoms with E-state index >= 15 is 0 Å². The van der Waals surface area contributed by atoms with E-state index in [1.165, 1.54) is 18.4 Å². The van der Waals surface area contributed by atoms with Gasteiger partial charge in [0.05, 0.1) is 0 Å². The normalized spacial score (nSPS) is 23.6. The Morgan fingerprint density at radius 3 is 2.67 bits per heavy atom. The Labute approximate surface area is 128 Å². The fourth-order valence-electron chi connectivity index (χ4n) is 3.08. The lowest BCUT2D eigenvalue weighted by Crippen LogP contribution is -2.26. The standard InChI is InChI=1S/C18H28N2O/c1-4-19-14(3)16-6-5-7-17(12-16)20-18(21)15-10-8-13(2)9-11-15/h5-7,12-15,19H,4,8-11H2,1-3H3,(H,20,21). The monoisotopic (exact) mass is 288 g/mol. The summed E-state index contributed by atoms with van der Waals surface area (Å²) in [6, 6.07) is 8.48. The van der Waals surface area contributed by atoms with Crippen molar-refractivity contribution in [2.45, 2.75) is 52.5 Å².